The van der Waals surface area contributed by atoms with Crippen molar-refractivity contribution >= 4 is 22.9 Å². The second-order valence-electron chi connectivity index (χ2n) is 5.23. The van der Waals surface area contributed by atoms with E-state index in [9.17, 15) is 4.79 Å². The molecule has 1 aromatic carbocycles. The predicted molar refractivity (Wildman–Crippen MR) is 91.3 cm³/mol. The van der Waals surface area contributed by atoms with Crippen LogP contribution < -0.4 is 5.32 Å². The van der Waals surface area contributed by atoms with Crippen molar-refractivity contribution in [1.82, 2.24) is 4.57 Å². The Balaban J connectivity index is 1.77. The average Bonchev–Trinajstić information content (AvgIpc) is 3.21. The molecule has 1 atom stereocenters. The molecule has 0 aliphatic rings. The summed E-state index contributed by atoms with van der Waals surface area (Å²) in [6.07, 6.45) is 4.43. The number of carbonyl (C=O) groups is 1. The Morgan fingerprint density at radius 3 is 2.59 bits per heavy atom. The van der Waals surface area contributed by atoms with Crippen LogP contribution in [0, 0.1) is 6.92 Å². The van der Waals surface area contributed by atoms with Crippen LogP contribution in [0.15, 0.2) is 66.3 Å². The van der Waals surface area contributed by atoms with Gasteiger partial charge in [-0.3, -0.25) is 4.79 Å². The zero-order valence-electron chi connectivity index (χ0n) is 12.4. The van der Waals surface area contributed by atoms with Crippen molar-refractivity contribution in [2.45, 2.75) is 19.4 Å². The molecule has 2 heterocycles. The van der Waals surface area contributed by atoms with Crippen LogP contribution in [0.1, 0.15) is 22.9 Å². The first-order valence-electron chi connectivity index (χ1n) is 7.25. The third-order valence-electron chi connectivity index (χ3n) is 3.66. The highest BCUT2D eigenvalue weighted by Crippen LogP contribution is 2.27. The van der Waals surface area contributed by atoms with Crippen molar-refractivity contribution in [2.75, 3.05) is 5.32 Å². The highest BCUT2D eigenvalue weighted by atomic mass is 32.1. The smallest absolute Gasteiger partial charge is 0.226 e. The Kier molecular flexibility index (Phi) is 4.39. The van der Waals surface area contributed by atoms with Gasteiger partial charge in [0.05, 0.1) is 12.5 Å². The largest absolute Gasteiger partial charge is 0.346 e. The van der Waals surface area contributed by atoms with E-state index in [4.69, 9.17) is 0 Å². The lowest BCUT2D eigenvalue weighted by Crippen LogP contribution is -2.19. The summed E-state index contributed by atoms with van der Waals surface area (Å²) in [4.78, 5) is 13.6. The maximum Gasteiger partial charge on any atom is 0.226 e. The third-order valence-corrected chi connectivity index (χ3v) is 4.63. The minimum Gasteiger partial charge on any atom is -0.346 e. The van der Waals surface area contributed by atoms with E-state index in [2.05, 4.69) is 16.0 Å². The first-order valence-corrected chi connectivity index (χ1v) is 8.13. The van der Waals surface area contributed by atoms with Crippen molar-refractivity contribution in [3.8, 4) is 0 Å². The van der Waals surface area contributed by atoms with Crippen LogP contribution in [0.3, 0.4) is 0 Å². The summed E-state index contributed by atoms with van der Waals surface area (Å²) >= 11 is 1.68. The molecular weight excluding hydrogens is 292 g/mol. The molecule has 1 amide bonds. The number of aryl methyl sites for hydroxylation is 1. The molecule has 3 rings (SSSR count). The van der Waals surface area contributed by atoms with E-state index in [0.29, 0.717) is 6.42 Å². The standard InChI is InChI=1S/C18H18N2OS/c1-14-7-2-3-8-15(14)19-18(21)13-16(17-9-6-12-22-17)20-10-4-5-11-20/h2-12,16H,13H2,1H3,(H,19,21)/t16-/m1/s1. The topological polar surface area (TPSA) is 34.0 Å². The minimum absolute atomic E-state index is 0.0291. The van der Waals surface area contributed by atoms with Gasteiger partial charge < -0.3 is 9.88 Å². The van der Waals surface area contributed by atoms with Crippen LogP contribution in [-0.4, -0.2) is 10.5 Å². The van der Waals surface area contributed by atoms with Crippen molar-refractivity contribution in [3.63, 3.8) is 0 Å². The zero-order chi connectivity index (χ0) is 15.4. The lowest BCUT2D eigenvalue weighted by Gasteiger charge is -2.18. The second kappa shape index (κ2) is 6.62. The first kappa shape index (κ1) is 14.6. The Morgan fingerprint density at radius 1 is 1.14 bits per heavy atom. The molecule has 0 fully saturated rings. The van der Waals surface area contributed by atoms with E-state index in [1.807, 2.05) is 67.2 Å². The Bertz CT molecular complexity index is 698. The van der Waals surface area contributed by atoms with Gasteiger partial charge in [0, 0.05) is 23.0 Å². The molecule has 2 aromatic heterocycles. The van der Waals surface area contributed by atoms with Crippen LogP contribution in [0.2, 0.25) is 0 Å². The van der Waals surface area contributed by atoms with E-state index in [0.717, 1.165) is 11.3 Å². The number of amides is 1. The number of rotatable bonds is 5. The van der Waals surface area contributed by atoms with E-state index in [1.165, 1.54) is 4.88 Å². The molecule has 0 saturated heterocycles. The van der Waals surface area contributed by atoms with Gasteiger partial charge in [0.1, 0.15) is 0 Å². The number of hydrogen-bond acceptors (Lipinski definition) is 2. The van der Waals surface area contributed by atoms with Crippen molar-refractivity contribution in [3.05, 3.63) is 76.7 Å². The number of thiophene rings is 1. The molecule has 0 aliphatic heterocycles. The number of aromatic nitrogens is 1. The summed E-state index contributed by atoms with van der Waals surface area (Å²) in [6.45, 7) is 2.00. The normalized spacial score (nSPS) is 12.0. The van der Waals surface area contributed by atoms with Crippen LogP contribution in [0.4, 0.5) is 5.69 Å². The Morgan fingerprint density at radius 2 is 1.91 bits per heavy atom. The average molecular weight is 310 g/mol. The molecule has 22 heavy (non-hydrogen) atoms. The molecule has 0 radical (unpaired) electrons. The fraction of sp³-hybridized carbons (Fsp3) is 0.167. The molecule has 0 aliphatic carbocycles. The number of nitrogens with zero attached hydrogens (tertiary/aromatic N) is 1. The van der Waals surface area contributed by atoms with E-state index in [1.54, 1.807) is 11.3 Å². The number of para-hydroxylation sites is 1. The molecule has 0 unspecified atom stereocenters. The highest BCUT2D eigenvalue weighted by molar-refractivity contribution is 7.10. The summed E-state index contributed by atoms with van der Waals surface area (Å²) in [5, 5.41) is 5.06. The second-order valence-corrected chi connectivity index (χ2v) is 6.21. The third kappa shape index (κ3) is 3.28. The Labute approximate surface area is 134 Å². The molecule has 4 heteroatoms. The monoisotopic (exact) mass is 310 g/mol. The number of benzene rings is 1. The van der Waals surface area contributed by atoms with Gasteiger partial charge in [-0.1, -0.05) is 24.3 Å². The molecule has 112 valence electrons. The van der Waals surface area contributed by atoms with E-state index < -0.39 is 0 Å². The quantitative estimate of drug-likeness (QED) is 0.741. The summed E-state index contributed by atoms with van der Waals surface area (Å²) in [5.41, 5.74) is 1.95. The van der Waals surface area contributed by atoms with Gasteiger partial charge in [0.2, 0.25) is 5.91 Å². The van der Waals surface area contributed by atoms with Gasteiger partial charge in [-0.2, -0.15) is 0 Å². The van der Waals surface area contributed by atoms with Gasteiger partial charge in [-0.15, -0.1) is 11.3 Å². The van der Waals surface area contributed by atoms with Crippen LogP contribution in [0.5, 0.6) is 0 Å². The van der Waals surface area contributed by atoms with E-state index in [-0.39, 0.29) is 11.9 Å². The van der Waals surface area contributed by atoms with E-state index >= 15 is 0 Å². The number of carbonyl (C=O) groups excluding carboxylic acids is 1. The van der Waals surface area contributed by atoms with Crippen molar-refractivity contribution in [2.24, 2.45) is 0 Å². The van der Waals surface area contributed by atoms with Gasteiger partial charge in [0.25, 0.3) is 0 Å². The van der Waals surface area contributed by atoms with Gasteiger partial charge in [0.15, 0.2) is 0 Å². The molecule has 3 aromatic rings. The minimum atomic E-state index is 0.0291. The maximum atomic E-state index is 12.4. The van der Waals surface area contributed by atoms with Crippen LogP contribution in [-0.2, 0) is 4.79 Å². The fourth-order valence-electron chi connectivity index (χ4n) is 2.48. The number of hydrogen-bond donors (Lipinski definition) is 1. The molecule has 0 saturated carbocycles. The summed E-state index contributed by atoms with van der Waals surface area (Å²) in [6, 6.07) is 16.0. The lowest BCUT2D eigenvalue weighted by atomic mass is 10.1. The molecule has 1 N–H and O–H groups in total. The SMILES string of the molecule is Cc1ccccc1NC(=O)C[C@H](c1cccs1)n1cccc1. The Hall–Kier alpha value is -2.33. The van der Waals surface area contributed by atoms with Crippen molar-refractivity contribution in [1.29, 1.82) is 0 Å². The maximum absolute atomic E-state index is 12.4. The molecule has 3 nitrogen and oxygen atoms in total. The first-order chi connectivity index (χ1) is 10.7. The number of anilines is 1. The molecular formula is C18H18N2OS. The number of nitrogens with one attached hydrogen (secondary N) is 1. The zero-order valence-corrected chi connectivity index (χ0v) is 13.2. The van der Waals surface area contributed by atoms with Crippen LogP contribution in [0.25, 0.3) is 0 Å². The van der Waals surface area contributed by atoms with Gasteiger partial charge in [-0.25, -0.2) is 0 Å². The summed E-state index contributed by atoms with van der Waals surface area (Å²) in [7, 11) is 0. The van der Waals surface area contributed by atoms with Crippen LogP contribution >= 0.6 is 11.3 Å². The molecule has 0 spiro atoms. The summed E-state index contributed by atoms with van der Waals surface area (Å²) < 4.78 is 2.09. The summed E-state index contributed by atoms with van der Waals surface area (Å²) in [5.74, 6) is 0.0291. The van der Waals surface area contributed by atoms with Gasteiger partial charge >= 0.3 is 0 Å². The molecule has 0 bridgehead atoms. The van der Waals surface area contributed by atoms with Crippen molar-refractivity contribution < 1.29 is 4.79 Å². The highest BCUT2D eigenvalue weighted by Gasteiger charge is 2.18. The fourth-order valence-corrected chi connectivity index (χ4v) is 3.31. The lowest BCUT2D eigenvalue weighted by molar-refractivity contribution is -0.116. The predicted octanol–water partition coefficient (Wildman–Crippen LogP) is 4.48. The van der Waals surface area contributed by atoms with Gasteiger partial charge in [-0.05, 0) is 42.1 Å².